The van der Waals surface area contributed by atoms with Crippen LogP contribution in [0.4, 0.5) is 13.2 Å². The van der Waals surface area contributed by atoms with E-state index in [1.165, 1.54) is 6.07 Å². The Morgan fingerprint density at radius 2 is 2.05 bits per heavy atom. The third-order valence-corrected chi connectivity index (χ3v) is 2.91. The van der Waals surface area contributed by atoms with Crippen molar-refractivity contribution in [2.75, 3.05) is 13.1 Å². The van der Waals surface area contributed by atoms with Gasteiger partial charge in [0, 0.05) is 18.0 Å². The molecule has 1 nitrogen and oxygen atoms in total. The fraction of sp³-hybridized carbons (Fsp3) is 0.429. The lowest BCUT2D eigenvalue weighted by Crippen LogP contribution is -2.28. The standard InChI is InChI=1S/C14H14F3N.ClH/c15-14(16,17)13-5-1-3-11(9-13)6-7-12-4-2-8-18-10-12;/h1,3,5,9,12,18H,2,4,8,10H2;1H. The third kappa shape index (κ3) is 4.77. The van der Waals surface area contributed by atoms with E-state index in [1.807, 2.05) is 0 Å². The lowest BCUT2D eigenvalue weighted by atomic mass is 10.00. The number of nitrogens with one attached hydrogen (secondary N) is 1. The first-order valence-corrected chi connectivity index (χ1v) is 5.95. The summed E-state index contributed by atoms with van der Waals surface area (Å²) in [5, 5.41) is 3.22. The highest BCUT2D eigenvalue weighted by molar-refractivity contribution is 5.85. The van der Waals surface area contributed by atoms with E-state index < -0.39 is 11.7 Å². The maximum absolute atomic E-state index is 12.5. The van der Waals surface area contributed by atoms with Crippen LogP contribution in [0, 0.1) is 17.8 Å². The van der Waals surface area contributed by atoms with Gasteiger partial charge in [0.2, 0.25) is 0 Å². The summed E-state index contributed by atoms with van der Waals surface area (Å²) in [6, 6.07) is 5.17. The molecule has 1 aromatic carbocycles. The maximum Gasteiger partial charge on any atom is 0.416 e. The molecule has 1 unspecified atom stereocenters. The fourth-order valence-electron chi connectivity index (χ4n) is 1.93. The van der Waals surface area contributed by atoms with E-state index in [1.54, 1.807) is 6.07 Å². The minimum Gasteiger partial charge on any atom is -0.316 e. The molecule has 1 aliphatic heterocycles. The van der Waals surface area contributed by atoms with E-state index in [0.717, 1.165) is 38.1 Å². The molecule has 5 heteroatoms. The second-order valence-electron chi connectivity index (χ2n) is 4.39. The van der Waals surface area contributed by atoms with Gasteiger partial charge in [-0.1, -0.05) is 17.9 Å². The molecule has 2 rings (SSSR count). The van der Waals surface area contributed by atoms with Gasteiger partial charge in [-0.05, 0) is 37.6 Å². The second kappa shape index (κ2) is 6.83. The molecule has 1 N–H and O–H groups in total. The van der Waals surface area contributed by atoms with Gasteiger partial charge < -0.3 is 5.32 Å². The first-order chi connectivity index (χ1) is 8.55. The normalized spacial score (nSPS) is 19.0. The molecule has 1 fully saturated rings. The molecule has 0 aliphatic carbocycles. The summed E-state index contributed by atoms with van der Waals surface area (Å²) in [6.45, 7) is 1.83. The predicted molar refractivity (Wildman–Crippen MR) is 71.2 cm³/mol. The molecule has 0 radical (unpaired) electrons. The summed E-state index contributed by atoms with van der Waals surface area (Å²) in [5.74, 6) is 6.12. The van der Waals surface area contributed by atoms with Gasteiger partial charge in [0.05, 0.1) is 5.56 Å². The first kappa shape index (κ1) is 15.9. The number of halogens is 4. The summed E-state index contributed by atoms with van der Waals surface area (Å²) in [5.41, 5.74) is -0.216. The largest absolute Gasteiger partial charge is 0.416 e. The summed E-state index contributed by atoms with van der Waals surface area (Å²) in [4.78, 5) is 0. The van der Waals surface area contributed by atoms with E-state index in [0.29, 0.717) is 5.56 Å². The Balaban J connectivity index is 0.00000180. The molecule has 104 valence electrons. The SMILES string of the molecule is Cl.FC(F)(F)c1cccc(C#CC2CCCNC2)c1. The molecule has 0 spiro atoms. The van der Waals surface area contributed by atoms with Crippen LogP contribution in [-0.4, -0.2) is 13.1 Å². The maximum atomic E-state index is 12.5. The van der Waals surface area contributed by atoms with Crippen LogP contribution in [0.25, 0.3) is 0 Å². The summed E-state index contributed by atoms with van der Waals surface area (Å²) >= 11 is 0. The van der Waals surface area contributed by atoms with E-state index in [-0.39, 0.29) is 18.3 Å². The van der Waals surface area contributed by atoms with Crippen molar-refractivity contribution in [3.05, 3.63) is 35.4 Å². The molecule has 19 heavy (non-hydrogen) atoms. The summed E-state index contributed by atoms with van der Waals surface area (Å²) in [7, 11) is 0. The smallest absolute Gasteiger partial charge is 0.316 e. The highest BCUT2D eigenvalue weighted by Gasteiger charge is 2.30. The fourth-order valence-corrected chi connectivity index (χ4v) is 1.93. The molecule has 1 aromatic rings. The van der Waals surface area contributed by atoms with Crippen LogP contribution in [0.15, 0.2) is 24.3 Å². The number of piperidine rings is 1. The monoisotopic (exact) mass is 289 g/mol. The Bertz CT molecular complexity index is 468. The molecule has 1 saturated heterocycles. The van der Waals surface area contributed by atoms with Crippen LogP contribution in [0.2, 0.25) is 0 Å². The summed E-state index contributed by atoms with van der Waals surface area (Å²) in [6.07, 6.45) is -2.22. The zero-order valence-corrected chi connectivity index (χ0v) is 11.1. The predicted octanol–water partition coefficient (Wildman–Crippen LogP) is 3.48. The van der Waals surface area contributed by atoms with Gasteiger partial charge in [0.25, 0.3) is 0 Å². The highest BCUT2D eigenvalue weighted by atomic mass is 35.5. The first-order valence-electron chi connectivity index (χ1n) is 5.95. The molecule has 0 saturated carbocycles. The molecule has 0 amide bonds. The van der Waals surface area contributed by atoms with Gasteiger partial charge in [-0.15, -0.1) is 12.4 Å². The number of benzene rings is 1. The van der Waals surface area contributed by atoms with Crippen LogP contribution in [0.5, 0.6) is 0 Å². The summed E-state index contributed by atoms with van der Waals surface area (Å²) < 4.78 is 37.5. The van der Waals surface area contributed by atoms with Gasteiger partial charge in [0.15, 0.2) is 0 Å². The highest BCUT2D eigenvalue weighted by Crippen LogP contribution is 2.29. The van der Waals surface area contributed by atoms with Crippen molar-refractivity contribution < 1.29 is 13.2 Å². The van der Waals surface area contributed by atoms with E-state index >= 15 is 0 Å². The van der Waals surface area contributed by atoms with Crippen LogP contribution in [0.3, 0.4) is 0 Å². The zero-order chi connectivity index (χ0) is 13.0. The van der Waals surface area contributed by atoms with Crippen LogP contribution >= 0.6 is 12.4 Å². The van der Waals surface area contributed by atoms with Gasteiger partial charge >= 0.3 is 6.18 Å². The minimum atomic E-state index is -4.30. The van der Waals surface area contributed by atoms with E-state index in [9.17, 15) is 13.2 Å². The average Bonchev–Trinajstić information content (AvgIpc) is 2.37. The molecule has 0 aromatic heterocycles. The Hall–Kier alpha value is -1.18. The minimum absolute atomic E-state index is 0. The van der Waals surface area contributed by atoms with Crippen molar-refractivity contribution in [3.63, 3.8) is 0 Å². The van der Waals surface area contributed by atoms with Gasteiger partial charge in [0.1, 0.15) is 0 Å². The topological polar surface area (TPSA) is 12.0 Å². The average molecular weight is 290 g/mol. The number of hydrogen-bond acceptors (Lipinski definition) is 1. The van der Waals surface area contributed by atoms with Gasteiger partial charge in [-0.25, -0.2) is 0 Å². The lowest BCUT2D eigenvalue weighted by Gasteiger charge is -2.17. The van der Waals surface area contributed by atoms with Crippen LogP contribution in [-0.2, 0) is 6.18 Å². The van der Waals surface area contributed by atoms with Crippen molar-refractivity contribution in [2.45, 2.75) is 19.0 Å². The number of hydrogen-bond donors (Lipinski definition) is 1. The van der Waals surface area contributed by atoms with E-state index in [2.05, 4.69) is 17.2 Å². The van der Waals surface area contributed by atoms with Crippen molar-refractivity contribution in [3.8, 4) is 11.8 Å². The van der Waals surface area contributed by atoms with Crippen LogP contribution < -0.4 is 5.32 Å². The molecule has 1 heterocycles. The Labute approximate surface area is 117 Å². The second-order valence-corrected chi connectivity index (χ2v) is 4.39. The molecule has 1 atom stereocenters. The van der Waals surface area contributed by atoms with Crippen molar-refractivity contribution in [2.24, 2.45) is 5.92 Å². The van der Waals surface area contributed by atoms with Gasteiger partial charge in [-0.2, -0.15) is 13.2 Å². The molecule has 0 bridgehead atoms. The molecular weight excluding hydrogens is 275 g/mol. The Morgan fingerprint density at radius 1 is 1.26 bits per heavy atom. The van der Waals surface area contributed by atoms with Crippen molar-refractivity contribution >= 4 is 12.4 Å². The zero-order valence-electron chi connectivity index (χ0n) is 10.3. The van der Waals surface area contributed by atoms with Crippen LogP contribution in [0.1, 0.15) is 24.0 Å². The Kier molecular flexibility index (Phi) is 5.71. The Morgan fingerprint density at radius 3 is 2.68 bits per heavy atom. The van der Waals surface area contributed by atoms with Crippen molar-refractivity contribution in [1.82, 2.24) is 5.32 Å². The van der Waals surface area contributed by atoms with Gasteiger partial charge in [-0.3, -0.25) is 0 Å². The van der Waals surface area contributed by atoms with Crippen molar-refractivity contribution in [1.29, 1.82) is 0 Å². The number of alkyl halides is 3. The van der Waals surface area contributed by atoms with E-state index in [4.69, 9.17) is 0 Å². The number of rotatable bonds is 0. The quantitative estimate of drug-likeness (QED) is 0.721. The molecule has 1 aliphatic rings. The lowest BCUT2D eigenvalue weighted by molar-refractivity contribution is -0.137. The molecular formula is C14H15ClF3N. The third-order valence-electron chi connectivity index (χ3n) is 2.91.